The van der Waals surface area contributed by atoms with Crippen molar-refractivity contribution in [1.29, 1.82) is 0 Å². The first kappa shape index (κ1) is 22.9. The summed E-state index contributed by atoms with van der Waals surface area (Å²) in [5, 5.41) is 8.37. The van der Waals surface area contributed by atoms with Gasteiger partial charge in [-0.1, -0.05) is 36.3 Å². The second kappa shape index (κ2) is 9.76. The smallest absolute Gasteiger partial charge is 0.258 e. The third-order valence-corrected chi connectivity index (χ3v) is 6.55. The lowest BCUT2D eigenvalue weighted by atomic mass is 9.94. The molecule has 0 amide bonds. The molecule has 1 aliphatic heterocycles. The van der Waals surface area contributed by atoms with Crippen LogP contribution in [0.5, 0.6) is 5.75 Å². The molecule has 2 aromatic heterocycles. The van der Waals surface area contributed by atoms with E-state index in [-0.39, 0.29) is 6.04 Å². The number of hydrogen-bond acceptors (Lipinski definition) is 6. The maximum atomic E-state index is 5.82. The van der Waals surface area contributed by atoms with E-state index in [0.29, 0.717) is 23.4 Å². The Morgan fingerprint density at radius 3 is 2.51 bits per heavy atom. The number of hydrogen-bond donors (Lipinski definition) is 1. The highest BCUT2D eigenvalue weighted by Gasteiger charge is 2.34. The van der Waals surface area contributed by atoms with Gasteiger partial charge in [0.2, 0.25) is 5.82 Å². The summed E-state index contributed by atoms with van der Waals surface area (Å²) >= 11 is 5.77. The fourth-order valence-electron chi connectivity index (χ4n) is 4.19. The molecule has 1 N–H and O–H groups in total. The molecular formula is C27H26N4O3S. The van der Waals surface area contributed by atoms with Gasteiger partial charge in [-0.2, -0.15) is 4.98 Å². The van der Waals surface area contributed by atoms with E-state index >= 15 is 0 Å². The second-order valence-electron chi connectivity index (χ2n) is 8.29. The van der Waals surface area contributed by atoms with Crippen LogP contribution in [0.2, 0.25) is 0 Å². The molecule has 5 rings (SSSR count). The summed E-state index contributed by atoms with van der Waals surface area (Å²) in [6, 6.07) is 19.7. The number of nitrogens with one attached hydrogen (secondary N) is 1. The number of thiocarbonyl (C=S) groups is 1. The van der Waals surface area contributed by atoms with E-state index in [9.17, 15) is 0 Å². The monoisotopic (exact) mass is 486 g/mol. The molecule has 1 unspecified atom stereocenters. The topological polar surface area (TPSA) is 76.6 Å². The highest BCUT2D eigenvalue weighted by molar-refractivity contribution is 7.80. The number of allylic oxidation sites excluding steroid dienone is 1. The van der Waals surface area contributed by atoms with E-state index < -0.39 is 0 Å². The van der Waals surface area contributed by atoms with Crippen LogP contribution in [-0.4, -0.2) is 27.3 Å². The Labute approximate surface area is 209 Å². The van der Waals surface area contributed by atoms with Crippen molar-refractivity contribution in [1.82, 2.24) is 20.4 Å². The number of ether oxygens (including phenoxy) is 1. The van der Waals surface area contributed by atoms with Gasteiger partial charge in [-0.25, -0.2) is 0 Å². The van der Waals surface area contributed by atoms with E-state index in [1.165, 1.54) is 5.56 Å². The molecule has 0 bridgehead atoms. The van der Waals surface area contributed by atoms with Crippen LogP contribution in [0.3, 0.4) is 0 Å². The van der Waals surface area contributed by atoms with Crippen LogP contribution >= 0.6 is 12.2 Å². The Kier molecular flexibility index (Phi) is 6.37. The van der Waals surface area contributed by atoms with E-state index in [4.69, 9.17) is 30.9 Å². The maximum Gasteiger partial charge on any atom is 0.258 e. The van der Waals surface area contributed by atoms with Gasteiger partial charge in [0.15, 0.2) is 5.11 Å². The molecular weight excluding hydrogens is 460 g/mol. The van der Waals surface area contributed by atoms with Gasteiger partial charge in [-0.15, -0.1) is 0 Å². The highest BCUT2D eigenvalue weighted by Crippen LogP contribution is 2.38. The van der Waals surface area contributed by atoms with Crippen molar-refractivity contribution in [2.24, 2.45) is 0 Å². The van der Waals surface area contributed by atoms with Crippen molar-refractivity contribution in [3.05, 3.63) is 95.4 Å². The fourth-order valence-corrected chi connectivity index (χ4v) is 4.51. The SMILES string of the molecule is CCc1ccc(C2NC(=S)N(Cc3ccco3)C(C)=C2c2nc(-c3ccc(OC)cc3)no2)cc1. The van der Waals surface area contributed by atoms with Crippen LogP contribution in [0.15, 0.2) is 81.6 Å². The third-order valence-electron chi connectivity index (χ3n) is 6.22. The molecule has 0 fully saturated rings. The molecule has 0 saturated heterocycles. The molecule has 1 aliphatic rings. The van der Waals surface area contributed by atoms with Crippen molar-refractivity contribution in [3.8, 4) is 17.1 Å². The number of methoxy groups -OCH3 is 1. The summed E-state index contributed by atoms with van der Waals surface area (Å²) in [4.78, 5) is 6.76. The van der Waals surface area contributed by atoms with Gasteiger partial charge in [-0.05, 0) is 73.1 Å². The molecule has 7 nitrogen and oxygen atoms in total. The zero-order valence-electron chi connectivity index (χ0n) is 19.8. The zero-order chi connectivity index (χ0) is 24.4. The van der Waals surface area contributed by atoms with Gasteiger partial charge < -0.3 is 23.9 Å². The number of benzene rings is 2. The third kappa shape index (κ3) is 4.57. The lowest BCUT2D eigenvalue weighted by Gasteiger charge is -2.37. The first-order chi connectivity index (χ1) is 17.1. The van der Waals surface area contributed by atoms with Crippen LogP contribution < -0.4 is 10.1 Å². The van der Waals surface area contributed by atoms with Crippen LogP contribution in [0.1, 0.15) is 42.7 Å². The minimum atomic E-state index is -0.231. The molecule has 1 atom stereocenters. The predicted octanol–water partition coefficient (Wildman–Crippen LogP) is 5.76. The lowest BCUT2D eigenvalue weighted by molar-refractivity contribution is 0.382. The average Bonchev–Trinajstić information content (AvgIpc) is 3.59. The first-order valence-corrected chi connectivity index (χ1v) is 11.9. The van der Waals surface area contributed by atoms with Gasteiger partial charge in [-0.3, -0.25) is 0 Å². The summed E-state index contributed by atoms with van der Waals surface area (Å²) in [6.07, 6.45) is 2.64. The molecule has 0 aliphatic carbocycles. The molecule has 4 aromatic rings. The normalized spacial score (nSPS) is 15.9. The Hall–Kier alpha value is -3.91. The molecule has 2 aromatic carbocycles. The highest BCUT2D eigenvalue weighted by atomic mass is 32.1. The first-order valence-electron chi connectivity index (χ1n) is 11.5. The Morgan fingerprint density at radius 2 is 1.86 bits per heavy atom. The minimum absolute atomic E-state index is 0.231. The van der Waals surface area contributed by atoms with E-state index in [2.05, 4.69) is 41.7 Å². The number of aryl methyl sites for hydroxylation is 1. The van der Waals surface area contributed by atoms with Gasteiger partial charge >= 0.3 is 0 Å². The predicted molar refractivity (Wildman–Crippen MR) is 137 cm³/mol. The van der Waals surface area contributed by atoms with Crippen LogP contribution in [-0.2, 0) is 13.0 Å². The van der Waals surface area contributed by atoms with Gasteiger partial charge in [0.25, 0.3) is 5.89 Å². The fraction of sp³-hybridized carbons (Fsp3) is 0.222. The van der Waals surface area contributed by atoms with Crippen molar-refractivity contribution in [3.63, 3.8) is 0 Å². The second-order valence-corrected chi connectivity index (χ2v) is 8.68. The van der Waals surface area contributed by atoms with Gasteiger partial charge in [0.05, 0.1) is 31.5 Å². The number of rotatable bonds is 7. The molecule has 8 heteroatoms. The summed E-state index contributed by atoms with van der Waals surface area (Å²) in [7, 11) is 1.64. The Balaban J connectivity index is 1.57. The summed E-state index contributed by atoms with van der Waals surface area (Å²) in [5.74, 6) is 2.53. The number of aromatic nitrogens is 2. The Bertz CT molecular complexity index is 1340. The maximum absolute atomic E-state index is 5.82. The van der Waals surface area contributed by atoms with Crippen molar-refractivity contribution < 1.29 is 13.7 Å². The Morgan fingerprint density at radius 1 is 1.09 bits per heavy atom. The van der Waals surface area contributed by atoms with Gasteiger partial charge in [0, 0.05) is 11.3 Å². The zero-order valence-corrected chi connectivity index (χ0v) is 20.6. The van der Waals surface area contributed by atoms with Gasteiger partial charge in [0.1, 0.15) is 11.5 Å². The average molecular weight is 487 g/mol. The quantitative estimate of drug-likeness (QED) is 0.330. The molecule has 0 spiro atoms. The molecule has 0 radical (unpaired) electrons. The van der Waals surface area contributed by atoms with Crippen LogP contribution in [0, 0.1) is 0 Å². The van der Waals surface area contributed by atoms with Crippen molar-refractivity contribution in [2.45, 2.75) is 32.9 Å². The van der Waals surface area contributed by atoms with Crippen LogP contribution in [0.4, 0.5) is 0 Å². The molecule has 35 heavy (non-hydrogen) atoms. The van der Waals surface area contributed by atoms with Crippen molar-refractivity contribution >= 4 is 22.9 Å². The molecule has 178 valence electrons. The van der Waals surface area contributed by atoms with E-state index in [0.717, 1.165) is 40.3 Å². The molecule has 3 heterocycles. The number of furan rings is 1. The van der Waals surface area contributed by atoms with E-state index in [1.54, 1.807) is 13.4 Å². The van der Waals surface area contributed by atoms with Crippen molar-refractivity contribution in [2.75, 3.05) is 7.11 Å². The summed E-state index contributed by atoms with van der Waals surface area (Å²) in [6.45, 7) is 4.66. The molecule has 0 saturated carbocycles. The van der Waals surface area contributed by atoms with E-state index in [1.807, 2.05) is 48.2 Å². The number of nitrogens with zero attached hydrogens (tertiary/aromatic N) is 3. The summed E-state index contributed by atoms with van der Waals surface area (Å²) in [5.41, 5.74) is 4.99. The largest absolute Gasteiger partial charge is 0.497 e. The summed E-state index contributed by atoms with van der Waals surface area (Å²) < 4.78 is 16.7. The minimum Gasteiger partial charge on any atom is -0.497 e. The van der Waals surface area contributed by atoms with Crippen LogP contribution in [0.25, 0.3) is 17.0 Å². The lowest BCUT2D eigenvalue weighted by Crippen LogP contribution is -2.45. The standard InChI is InChI=1S/C27H26N4O3S/c1-4-18-7-9-19(10-8-18)24-23(17(2)31(27(35)28-24)16-22-6-5-15-33-22)26-29-25(30-34-26)20-11-13-21(32-3)14-12-20/h5-15,24H,4,16H2,1-3H3,(H,28,35).